The number of nitrogens with zero attached hydrogens (tertiary/aromatic N) is 1. The van der Waals surface area contributed by atoms with E-state index in [4.69, 9.17) is 4.52 Å². The number of urea groups is 1. The van der Waals surface area contributed by atoms with Crippen molar-refractivity contribution in [1.29, 1.82) is 0 Å². The summed E-state index contributed by atoms with van der Waals surface area (Å²) in [6.45, 7) is 9.37. The minimum absolute atomic E-state index is 0.0522. The highest BCUT2D eigenvalue weighted by molar-refractivity contribution is 5.90. The lowest BCUT2D eigenvalue weighted by atomic mass is 9.93. The molecule has 0 aromatic carbocycles. The molecular formula is C13H23N3O3. The third-order valence-corrected chi connectivity index (χ3v) is 3.34. The number of rotatable bonds is 5. The minimum Gasteiger partial charge on any atom is -0.388 e. The quantitative estimate of drug-likeness (QED) is 0.763. The van der Waals surface area contributed by atoms with Crippen LogP contribution in [0.3, 0.4) is 0 Å². The predicted molar refractivity (Wildman–Crippen MR) is 73.1 cm³/mol. The summed E-state index contributed by atoms with van der Waals surface area (Å²) in [5.41, 5.74) is 0.307. The lowest BCUT2D eigenvalue weighted by molar-refractivity contribution is 0.0170. The van der Waals surface area contributed by atoms with E-state index in [9.17, 15) is 9.90 Å². The van der Waals surface area contributed by atoms with Gasteiger partial charge < -0.3 is 20.3 Å². The highest BCUT2D eigenvalue weighted by Gasteiger charge is 2.25. The van der Waals surface area contributed by atoms with Crippen molar-refractivity contribution < 1.29 is 14.4 Å². The van der Waals surface area contributed by atoms with E-state index in [0.29, 0.717) is 23.6 Å². The Morgan fingerprint density at radius 2 is 2.16 bits per heavy atom. The first-order valence-corrected chi connectivity index (χ1v) is 6.50. The van der Waals surface area contributed by atoms with Crippen molar-refractivity contribution in [3.8, 4) is 0 Å². The fourth-order valence-corrected chi connectivity index (χ4v) is 1.44. The van der Waals surface area contributed by atoms with Gasteiger partial charge in [-0.25, -0.2) is 4.79 Å². The van der Waals surface area contributed by atoms with E-state index in [1.165, 1.54) is 0 Å². The molecule has 6 heteroatoms. The van der Waals surface area contributed by atoms with Crippen molar-refractivity contribution in [2.45, 2.75) is 46.6 Å². The average molecular weight is 269 g/mol. The van der Waals surface area contributed by atoms with Crippen LogP contribution in [0.15, 0.2) is 4.52 Å². The second-order valence-corrected chi connectivity index (χ2v) is 5.24. The van der Waals surface area contributed by atoms with Crippen LogP contribution >= 0.6 is 0 Å². The molecule has 2 amide bonds. The highest BCUT2D eigenvalue weighted by atomic mass is 16.5. The van der Waals surface area contributed by atoms with Crippen LogP contribution in [0, 0.1) is 12.8 Å². The second-order valence-electron chi connectivity index (χ2n) is 5.24. The average Bonchev–Trinajstić information content (AvgIpc) is 2.68. The molecule has 1 atom stereocenters. The summed E-state index contributed by atoms with van der Waals surface area (Å²) < 4.78 is 5.09. The van der Waals surface area contributed by atoms with Gasteiger partial charge in [-0.15, -0.1) is 0 Å². The molecule has 0 aliphatic rings. The van der Waals surface area contributed by atoms with Crippen LogP contribution < -0.4 is 10.6 Å². The molecule has 108 valence electrons. The molecule has 0 fully saturated rings. The van der Waals surface area contributed by atoms with Gasteiger partial charge in [0.15, 0.2) is 5.76 Å². The number of anilines is 1. The molecule has 0 aliphatic carbocycles. The van der Waals surface area contributed by atoms with E-state index in [1.807, 2.05) is 20.8 Å². The molecule has 1 heterocycles. The Bertz CT molecular complexity index is 438. The highest BCUT2D eigenvalue weighted by Crippen LogP contribution is 2.20. The first-order valence-electron chi connectivity index (χ1n) is 6.50. The number of carbonyl (C=O) groups excluding carboxylic acids is 1. The Morgan fingerprint density at radius 3 is 2.68 bits per heavy atom. The molecule has 0 spiro atoms. The molecule has 0 saturated heterocycles. The summed E-state index contributed by atoms with van der Waals surface area (Å²) in [5.74, 6) is 0.694. The lowest BCUT2D eigenvalue weighted by Gasteiger charge is -2.27. The zero-order chi connectivity index (χ0) is 14.6. The van der Waals surface area contributed by atoms with Crippen molar-refractivity contribution in [2.24, 2.45) is 5.92 Å². The third-order valence-electron chi connectivity index (χ3n) is 3.34. The van der Waals surface area contributed by atoms with Gasteiger partial charge in [-0.05, 0) is 19.8 Å². The molecule has 1 aromatic heterocycles. The number of nitrogens with one attached hydrogen (secondary N) is 2. The SMILES string of the molecule is CCc1onc(C)c1NC(=O)NCC(C)(O)C(C)C. The molecule has 1 rings (SSSR count). The number of aliphatic hydroxyl groups is 1. The summed E-state index contributed by atoms with van der Waals surface area (Å²) in [6, 6.07) is -0.373. The Morgan fingerprint density at radius 1 is 1.53 bits per heavy atom. The molecule has 0 aliphatic heterocycles. The first-order chi connectivity index (χ1) is 8.77. The number of hydrogen-bond donors (Lipinski definition) is 3. The van der Waals surface area contributed by atoms with E-state index in [-0.39, 0.29) is 18.5 Å². The molecule has 19 heavy (non-hydrogen) atoms. The third kappa shape index (κ3) is 3.96. The summed E-state index contributed by atoms with van der Waals surface area (Å²) in [4.78, 5) is 11.8. The molecule has 1 unspecified atom stereocenters. The second kappa shape index (κ2) is 6.06. The number of amides is 2. The van der Waals surface area contributed by atoms with Gasteiger partial charge in [0.1, 0.15) is 11.4 Å². The number of hydrogen-bond acceptors (Lipinski definition) is 4. The van der Waals surface area contributed by atoms with Gasteiger partial charge in [0.25, 0.3) is 0 Å². The fourth-order valence-electron chi connectivity index (χ4n) is 1.44. The number of aromatic nitrogens is 1. The largest absolute Gasteiger partial charge is 0.388 e. The lowest BCUT2D eigenvalue weighted by Crippen LogP contribution is -2.45. The van der Waals surface area contributed by atoms with Crippen LogP contribution in [0.4, 0.5) is 10.5 Å². The standard InChI is InChI=1S/C13H23N3O3/c1-6-10-11(9(4)16-19-10)15-12(17)14-7-13(5,18)8(2)3/h8,18H,6-7H2,1-5H3,(H2,14,15,17). The first kappa shape index (κ1) is 15.5. The molecule has 6 nitrogen and oxygen atoms in total. The topological polar surface area (TPSA) is 87.4 Å². The molecule has 3 N–H and O–H groups in total. The maximum atomic E-state index is 11.8. The van der Waals surface area contributed by atoms with Gasteiger partial charge >= 0.3 is 6.03 Å². The van der Waals surface area contributed by atoms with Gasteiger partial charge in [-0.2, -0.15) is 0 Å². The fraction of sp³-hybridized carbons (Fsp3) is 0.692. The summed E-state index contributed by atoms with van der Waals surface area (Å²) in [5, 5.41) is 19.2. The summed E-state index contributed by atoms with van der Waals surface area (Å²) in [6.07, 6.45) is 0.653. The van der Waals surface area contributed by atoms with E-state index in [0.717, 1.165) is 0 Å². The zero-order valence-electron chi connectivity index (χ0n) is 12.2. The van der Waals surface area contributed by atoms with Crippen LogP contribution in [0.2, 0.25) is 0 Å². The van der Waals surface area contributed by atoms with Crippen LogP contribution in [0.5, 0.6) is 0 Å². The predicted octanol–water partition coefficient (Wildman–Crippen LogP) is 2.07. The van der Waals surface area contributed by atoms with Crippen molar-refractivity contribution in [3.63, 3.8) is 0 Å². The molecule has 0 radical (unpaired) electrons. The van der Waals surface area contributed by atoms with Gasteiger partial charge in [-0.3, -0.25) is 0 Å². The van der Waals surface area contributed by atoms with Crippen LogP contribution in [-0.4, -0.2) is 28.4 Å². The molecule has 1 aromatic rings. The zero-order valence-corrected chi connectivity index (χ0v) is 12.2. The van der Waals surface area contributed by atoms with Gasteiger partial charge in [0.05, 0.1) is 5.60 Å². The smallest absolute Gasteiger partial charge is 0.319 e. The van der Waals surface area contributed by atoms with E-state index >= 15 is 0 Å². The van der Waals surface area contributed by atoms with Crippen molar-refractivity contribution in [2.75, 3.05) is 11.9 Å². The Balaban J connectivity index is 2.59. The maximum Gasteiger partial charge on any atom is 0.319 e. The Labute approximate surface area is 113 Å². The van der Waals surface area contributed by atoms with Crippen molar-refractivity contribution in [3.05, 3.63) is 11.5 Å². The monoisotopic (exact) mass is 269 g/mol. The van der Waals surface area contributed by atoms with Crippen LogP contribution in [0.25, 0.3) is 0 Å². The number of aryl methyl sites for hydroxylation is 2. The van der Waals surface area contributed by atoms with Gasteiger partial charge in [0, 0.05) is 13.0 Å². The van der Waals surface area contributed by atoms with E-state index < -0.39 is 5.60 Å². The van der Waals surface area contributed by atoms with Gasteiger partial charge in [0.2, 0.25) is 0 Å². The van der Waals surface area contributed by atoms with Gasteiger partial charge in [-0.1, -0.05) is 25.9 Å². The maximum absolute atomic E-state index is 11.8. The normalized spacial score (nSPS) is 14.3. The van der Waals surface area contributed by atoms with Crippen molar-refractivity contribution in [1.82, 2.24) is 10.5 Å². The van der Waals surface area contributed by atoms with E-state index in [2.05, 4.69) is 15.8 Å². The van der Waals surface area contributed by atoms with Crippen LogP contribution in [0.1, 0.15) is 39.1 Å². The molecular weight excluding hydrogens is 246 g/mol. The van der Waals surface area contributed by atoms with Crippen LogP contribution in [-0.2, 0) is 6.42 Å². The number of carbonyl (C=O) groups is 1. The Kier molecular flexibility index (Phi) is 4.94. The molecule has 0 saturated carbocycles. The van der Waals surface area contributed by atoms with Crippen molar-refractivity contribution >= 4 is 11.7 Å². The minimum atomic E-state index is -0.936. The molecule has 0 bridgehead atoms. The Hall–Kier alpha value is -1.56. The van der Waals surface area contributed by atoms with E-state index in [1.54, 1.807) is 13.8 Å². The summed E-state index contributed by atoms with van der Waals surface area (Å²) >= 11 is 0. The summed E-state index contributed by atoms with van der Waals surface area (Å²) in [7, 11) is 0.